The topological polar surface area (TPSA) is 84.0 Å². The van der Waals surface area contributed by atoms with E-state index in [-0.39, 0.29) is 11.8 Å². The zero-order chi connectivity index (χ0) is 33.0. The van der Waals surface area contributed by atoms with Crippen molar-refractivity contribution < 1.29 is 9.59 Å². The average Bonchev–Trinajstić information content (AvgIpc) is 3.12. The summed E-state index contributed by atoms with van der Waals surface area (Å²) in [6.45, 7) is 0.661. The van der Waals surface area contributed by atoms with Gasteiger partial charge in [-0.1, -0.05) is 120 Å². The first-order valence-electron chi connectivity index (χ1n) is 15.4. The Hall–Kier alpha value is -5.56. The maximum absolute atomic E-state index is 13.5. The summed E-state index contributed by atoms with van der Waals surface area (Å²) in [5.41, 5.74) is 7.12. The highest BCUT2D eigenvalue weighted by Gasteiger charge is 2.17. The number of aromatic nitrogens is 2. The van der Waals surface area contributed by atoms with Crippen molar-refractivity contribution in [2.45, 2.75) is 13.1 Å². The van der Waals surface area contributed by atoms with Crippen LogP contribution in [-0.2, 0) is 13.1 Å². The Morgan fingerprint density at radius 2 is 0.875 bits per heavy atom. The molecule has 0 unspecified atom stereocenters. The van der Waals surface area contributed by atoms with Gasteiger partial charge in [0.2, 0.25) is 0 Å². The first-order valence-corrected chi connectivity index (χ1v) is 16.1. The molecule has 0 saturated heterocycles. The van der Waals surface area contributed by atoms with Gasteiger partial charge >= 0.3 is 0 Å². The number of rotatable bonds is 8. The number of carbonyl (C=O) groups is 2. The van der Waals surface area contributed by atoms with E-state index in [0.717, 1.165) is 33.0 Å². The van der Waals surface area contributed by atoms with Crippen molar-refractivity contribution in [1.29, 1.82) is 0 Å². The first-order chi connectivity index (χ1) is 23.4. The van der Waals surface area contributed by atoms with Crippen LogP contribution in [0.1, 0.15) is 31.8 Å². The number of amides is 2. The molecule has 2 heterocycles. The van der Waals surface area contributed by atoms with Crippen LogP contribution in [0.25, 0.3) is 44.3 Å². The van der Waals surface area contributed by atoms with E-state index in [1.54, 1.807) is 12.1 Å². The van der Waals surface area contributed by atoms with Crippen molar-refractivity contribution in [3.05, 3.63) is 166 Å². The molecule has 0 aliphatic carbocycles. The van der Waals surface area contributed by atoms with Gasteiger partial charge in [0.1, 0.15) is 0 Å². The van der Waals surface area contributed by atoms with Gasteiger partial charge in [-0.2, -0.15) is 0 Å². The lowest BCUT2D eigenvalue weighted by atomic mass is 10.0. The first kappa shape index (κ1) is 31.1. The van der Waals surface area contributed by atoms with Crippen LogP contribution < -0.4 is 10.6 Å². The molecule has 0 aliphatic heterocycles. The monoisotopic (exact) mass is 666 g/mol. The minimum absolute atomic E-state index is 0.209. The molecule has 6 nitrogen and oxygen atoms in total. The summed E-state index contributed by atoms with van der Waals surface area (Å²) in [5.74, 6) is -0.419. The molecule has 7 rings (SSSR count). The van der Waals surface area contributed by atoms with Gasteiger partial charge in [0.25, 0.3) is 11.8 Å². The smallest absolute Gasteiger partial charge is 0.252 e. The SMILES string of the molecule is O=C(NCc1ccc(CNC(=O)c2cc(-c3ccccc3Cl)nc3ccccc23)cc1)c1cc(-c2ccccc2Cl)nc2ccccc12. The van der Waals surface area contributed by atoms with Crippen LogP contribution in [-0.4, -0.2) is 21.8 Å². The molecule has 0 spiro atoms. The van der Waals surface area contributed by atoms with Crippen molar-refractivity contribution in [3.63, 3.8) is 0 Å². The van der Waals surface area contributed by atoms with Gasteiger partial charge in [0.15, 0.2) is 0 Å². The van der Waals surface area contributed by atoms with Crippen LogP contribution in [0.5, 0.6) is 0 Å². The van der Waals surface area contributed by atoms with Gasteiger partial charge in [0.05, 0.1) is 33.5 Å². The molecular formula is C40H28Cl2N4O2. The highest BCUT2D eigenvalue weighted by Crippen LogP contribution is 2.31. The lowest BCUT2D eigenvalue weighted by Crippen LogP contribution is -2.24. The molecule has 0 saturated carbocycles. The number of pyridine rings is 2. The number of halogens is 2. The minimum atomic E-state index is -0.209. The zero-order valence-corrected chi connectivity index (χ0v) is 27.1. The van der Waals surface area contributed by atoms with Crippen molar-refractivity contribution in [3.8, 4) is 22.5 Å². The standard InChI is InChI=1S/C40H28Cl2N4O2/c41-33-13-5-1-11-29(33)37-21-31(27-9-3-7-15-35(27)45-37)39(47)43-23-25-17-19-26(20-18-25)24-44-40(48)32-22-38(30-12-2-6-14-34(30)42)46-36-16-8-4-10-28(32)36/h1-22H,23-24H2,(H,43,47)(H,44,48). The van der Waals surface area contributed by atoms with Crippen molar-refractivity contribution >= 4 is 56.8 Å². The quantitative estimate of drug-likeness (QED) is 0.169. The van der Waals surface area contributed by atoms with Crippen molar-refractivity contribution in [2.75, 3.05) is 0 Å². The second kappa shape index (κ2) is 13.7. The minimum Gasteiger partial charge on any atom is -0.348 e. The van der Waals surface area contributed by atoms with Crippen LogP contribution in [0.3, 0.4) is 0 Å². The van der Waals surface area contributed by atoms with E-state index in [2.05, 4.69) is 10.6 Å². The van der Waals surface area contributed by atoms with Crippen LogP contribution in [0.2, 0.25) is 10.0 Å². The number of para-hydroxylation sites is 2. The lowest BCUT2D eigenvalue weighted by Gasteiger charge is -2.12. The van der Waals surface area contributed by atoms with Gasteiger partial charge in [-0.15, -0.1) is 0 Å². The van der Waals surface area contributed by atoms with Gasteiger partial charge in [0, 0.05) is 45.0 Å². The molecule has 7 aromatic rings. The third-order valence-corrected chi connectivity index (χ3v) is 8.81. The summed E-state index contributed by atoms with van der Waals surface area (Å²) >= 11 is 12.9. The van der Waals surface area contributed by atoms with Gasteiger partial charge in [-0.3, -0.25) is 9.59 Å². The van der Waals surface area contributed by atoms with Gasteiger partial charge in [-0.25, -0.2) is 9.97 Å². The summed E-state index contributed by atoms with van der Waals surface area (Å²) in [5, 5.41) is 8.75. The summed E-state index contributed by atoms with van der Waals surface area (Å²) in [6, 6.07) is 41.4. The van der Waals surface area contributed by atoms with E-state index in [0.29, 0.717) is 56.7 Å². The molecule has 0 fully saturated rings. The second-order valence-corrected chi connectivity index (χ2v) is 12.1. The number of nitrogens with one attached hydrogen (secondary N) is 2. The number of fused-ring (bicyclic) bond motifs is 2. The van der Waals surface area contributed by atoms with Crippen LogP contribution in [0, 0.1) is 0 Å². The van der Waals surface area contributed by atoms with E-state index in [1.165, 1.54) is 0 Å². The van der Waals surface area contributed by atoms with Crippen LogP contribution >= 0.6 is 23.2 Å². The largest absolute Gasteiger partial charge is 0.348 e. The molecule has 0 atom stereocenters. The van der Waals surface area contributed by atoms with Crippen LogP contribution in [0.4, 0.5) is 0 Å². The molecular weight excluding hydrogens is 639 g/mol. The Labute approximate surface area is 287 Å². The number of benzene rings is 5. The van der Waals surface area contributed by atoms with Crippen LogP contribution in [0.15, 0.2) is 133 Å². The van der Waals surface area contributed by atoms with Crippen molar-refractivity contribution in [1.82, 2.24) is 20.6 Å². The number of nitrogens with zero attached hydrogens (tertiary/aromatic N) is 2. The lowest BCUT2D eigenvalue weighted by molar-refractivity contribution is 0.0944. The predicted molar refractivity (Wildman–Crippen MR) is 193 cm³/mol. The molecule has 234 valence electrons. The third-order valence-electron chi connectivity index (χ3n) is 8.15. The van der Waals surface area contributed by atoms with E-state index in [4.69, 9.17) is 33.2 Å². The Kier molecular flexibility index (Phi) is 8.84. The summed E-state index contributed by atoms with van der Waals surface area (Å²) in [4.78, 5) is 36.5. The second-order valence-electron chi connectivity index (χ2n) is 11.3. The predicted octanol–water partition coefficient (Wildman–Crippen LogP) is 9.28. The fraction of sp³-hybridized carbons (Fsp3) is 0.0500. The van der Waals surface area contributed by atoms with E-state index in [9.17, 15) is 9.59 Å². The molecule has 0 aliphatic rings. The van der Waals surface area contributed by atoms with Gasteiger partial charge in [-0.05, 0) is 47.5 Å². The molecule has 2 N–H and O–H groups in total. The average molecular weight is 668 g/mol. The molecule has 2 amide bonds. The van der Waals surface area contributed by atoms with E-state index < -0.39 is 0 Å². The maximum Gasteiger partial charge on any atom is 0.252 e. The van der Waals surface area contributed by atoms with E-state index in [1.807, 2.05) is 121 Å². The Morgan fingerprint density at radius 3 is 1.29 bits per heavy atom. The molecule has 5 aromatic carbocycles. The number of hydrogen-bond donors (Lipinski definition) is 2. The number of hydrogen-bond acceptors (Lipinski definition) is 4. The Morgan fingerprint density at radius 1 is 0.500 bits per heavy atom. The number of carbonyl (C=O) groups excluding carboxylic acids is 2. The highest BCUT2D eigenvalue weighted by molar-refractivity contribution is 6.33. The molecule has 2 aromatic heterocycles. The summed E-state index contributed by atoms with van der Waals surface area (Å²) in [7, 11) is 0. The Bertz CT molecular complexity index is 2160. The fourth-order valence-corrected chi connectivity index (χ4v) is 6.14. The van der Waals surface area contributed by atoms with Crippen molar-refractivity contribution in [2.24, 2.45) is 0 Å². The summed E-state index contributed by atoms with van der Waals surface area (Å²) in [6.07, 6.45) is 0. The third kappa shape index (κ3) is 6.49. The molecule has 8 heteroatoms. The van der Waals surface area contributed by atoms with Gasteiger partial charge < -0.3 is 10.6 Å². The maximum atomic E-state index is 13.5. The normalized spacial score (nSPS) is 11.0. The highest BCUT2D eigenvalue weighted by atomic mass is 35.5. The van der Waals surface area contributed by atoms with E-state index >= 15 is 0 Å². The fourth-order valence-electron chi connectivity index (χ4n) is 5.67. The molecule has 0 radical (unpaired) electrons. The molecule has 0 bridgehead atoms. The summed E-state index contributed by atoms with van der Waals surface area (Å²) < 4.78 is 0. The Balaban J connectivity index is 1.04. The molecule has 48 heavy (non-hydrogen) atoms. The zero-order valence-electron chi connectivity index (χ0n) is 25.6.